The predicted octanol–water partition coefficient (Wildman–Crippen LogP) is 6.59. The monoisotopic (exact) mass is 460 g/mol. The molecule has 2 aromatic rings. The average molecular weight is 461 g/mol. The molecule has 34 heavy (non-hydrogen) atoms. The van der Waals surface area contributed by atoms with Crippen LogP contribution < -0.4 is 0 Å². The van der Waals surface area contributed by atoms with E-state index in [1.807, 2.05) is 0 Å². The van der Waals surface area contributed by atoms with E-state index in [9.17, 15) is 0 Å². The fourth-order valence-corrected chi connectivity index (χ4v) is 4.80. The summed E-state index contributed by atoms with van der Waals surface area (Å²) < 4.78 is 12.1. The smallest absolute Gasteiger partial charge is 0.191 e. The molecule has 4 heteroatoms. The Morgan fingerprint density at radius 1 is 0.618 bits per heavy atom. The van der Waals surface area contributed by atoms with Gasteiger partial charge in [-0.2, -0.15) is 0 Å². The molecule has 0 aliphatic carbocycles. The van der Waals surface area contributed by atoms with Crippen LogP contribution in [-0.2, 0) is 22.3 Å². The highest BCUT2D eigenvalue weighted by Gasteiger charge is 2.35. The van der Waals surface area contributed by atoms with E-state index >= 15 is 0 Å². The van der Waals surface area contributed by atoms with Crippen LogP contribution in [0.5, 0.6) is 0 Å². The maximum atomic E-state index is 6.04. The maximum Gasteiger partial charge on any atom is 0.191 e. The van der Waals surface area contributed by atoms with Gasteiger partial charge in [-0.05, 0) is 60.8 Å². The molecule has 4 atom stereocenters. The largest absolute Gasteiger partial charge is 0.478 e. The van der Waals surface area contributed by atoms with Gasteiger partial charge in [0.15, 0.2) is 11.8 Å². The molecule has 2 aliphatic rings. The molecule has 182 valence electrons. The second-order valence-corrected chi connectivity index (χ2v) is 10.8. The standard InChI is InChI=1S/C30H40N2O2/c1-19(2)15-23-7-11-25(12-8-23)21(5)29-31-27(17-33-29)28-18-34-30(32-28)22(6)26-13-9-24(10-14-26)16-20(3)4/h7-14,19-22,27-28H,15-18H2,1-6H3. The van der Waals surface area contributed by atoms with E-state index in [1.54, 1.807) is 0 Å². The van der Waals surface area contributed by atoms with Gasteiger partial charge in [-0.3, -0.25) is 0 Å². The third kappa shape index (κ3) is 5.89. The molecule has 0 radical (unpaired) electrons. The van der Waals surface area contributed by atoms with Crippen LogP contribution in [0.15, 0.2) is 58.5 Å². The lowest BCUT2D eigenvalue weighted by atomic mass is 9.96. The fraction of sp³-hybridized carbons (Fsp3) is 0.533. The molecule has 4 unspecified atom stereocenters. The topological polar surface area (TPSA) is 43.2 Å². The predicted molar refractivity (Wildman–Crippen MR) is 141 cm³/mol. The van der Waals surface area contributed by atoms with Crippen LogP contribution in [0.4, 0.5) is 0 Å². The summed E-state index contributed by atoms with van der Waals surface area (Å²) in [6.07, 6.45) is 2.22. The van der Waals surface area contributed by atoms with Crippen molar-refractivity contribution < 1.29 is 9.47 Å². The van der Waals surface area contributed by atoms with E-state index in [2.05, 4.69) is 90.1 Å². The van der Waals surface area contributed by atoms with E-state index in [0.29, 0.717) is 25.0 Å². The molecule has 4 nitrogen and oxygen atoms in total. The Labute approximate surface area is 205 Å². The molecule has 0 N–H and O–H groups in total. The first-order valence-corrected chi connectivity index (χ1v) is 12.9. The zero-order valence-electron chi connectivity index (χ0n) is 21.6. The molecule has 0 aromatic heterocycles. The number of nitrogens with zero attached hydrogens (tertiary/aromatic N) is 2. The lowest BCUT2D eigenvalue weighted by Crippen LogP contribution is -2.25. The number of hydrogen-bond acceptors (Lipinski definition) is 4. The minimum absolute atomic E-state index is 0.0239. The van der Waals surface area contributed by atoms with Crippen molar-refractivity contribution in [3.63, 3.8) is 0 Å². The number of ether oxygens (including phenoxy) is 2. The van der Waals surface area contributed by atoms with E-state index in [-0.39, 0.29) is 23.9 Å². The van der Waals surface area contributed by atoms with Crippen LogP contribution in [-0.4, -0.2) is 37.1 Å². The van der Waals surface area contributed by atoms with Crippen molar-refractivity contribution in [3.8, 4) is 0 Å². The van der Waals surface area contributed by atoms with Gasteiger partial charge in [0.2, 0.25) is 0 Å². The Morgan fingerprint density at radius 3 is 1.29 bits per heavy atom. The van der Waals surface area contributed by atoms with Gasteiger partial charge in [0.1, 0.15) is 25.3 Å². The average Bonchev–Trinajstić information content (AvgIpc) is 3.48. The van der Waals surface area contributed by atoms with Crippen molar-refractivity contribution in [1.82, 2.24) is 0 Å². The molecule has 2 aromatic carbocycles. The SMILES string of the molecule is CC(C)Cc1ccc(C(C)C2=NC(C3COC(C(C)c4ccc(CC(C)C)cc4)=N3)CO2)cc1. The second-order valence-electron chi connectivity index (χ2n) is 10.8. The van der Waals surface area contributed by atoms with Crippen molar-refractivity contribution >= 4 is 11.8 Å². The van der Waals surface area contributed by atoms with Crippen molar-refractivity contribution in [2.75, 3.05) is 13.2 Å². The molecule has 0 fully saturated rings. The first-order chi connectivity index (χ1) is 16.3. The van der Waals surface area contributed by atoms with Gasteiger partial charge >= 0.3 is 0 Å². The highest BCUT2D eigenvalue weighted by Crippen LogP contribution is 2.28. The summed E-state index contributed by atoms with van der Waals surface area (Å²) in [4.78, 5) is 9.86. The van der Waals surface area contributed by atoms with E-state index < -0.39 is 0 Å². The summed E-state index contributed by atoms with van der Waals surface area (Å²) in [5.41, 5.74) is 5.25. The molecular formula is C30H40N2O2. The number of benzene rings is 2. The normalized spacial score (nSPS) is 21.8. The molecule has 0 amide bonds. The van der Waals surface area contributed by atoms with Crippen molar-refractivity contribution in [2.45, 2.75) is 78.3 Å². The number of hydrogen-bond donors (Lipinski definition) is 0. The quantitative estimate of drug-likeness (QED) is 0.424. The summed E-state index contributed by atoms with van der Waals surface area (Å²) in [7, 11) is 0. The number of aliphatic imine (C=N–C) groups is 2. The Kier molecular flexibility index (Phi) is 7.75. The summed E-state index contributed by atoms with van der Waals surface area (Å²) in [5.74, 6) is 3.26. The summed E-state index contributed by atoms with van der Waals surface area (Å²) >= 11 is 0. The van der Waals surface area contributed by atoms with E-state index in [1.165, 1.54) is 22.3 Å². The Hall–Kier alpha value is -2.62. The zero-order valence-corrected chi connectivity index (χ0v) is 21.6. The molecule has 0 saturated carbocycles. The van der Waals surface area contributed by atoms with E-state index in [4.69, 9.17) is 19.5 Å². The summed E-state index contributed by atoms with van der Waals surface area (Å²) in [6.45, 7) is 14.5. The zero-order chi connectivity index (χ0) is 24.2. The minimum Gasteiger partial charge on any atom is -0.478 e. The molecule has 4 rings (SSSR count). The van der Waals surface area contributed by atoms with Crippen LogP contribution in [0.2, 0.25) is 0 Å². The van der Waals surface area contributed by atoms with Crippen LogP contribution in [0.25, 0.3) is 0 Å². The van der Waals surface area contributed by atoms with Gasteiger partial charge in [0.25, 0.3) is 0 Å². The highest BCUT2D eigenvalue weighted by molar-refractivity contribution is 5.86. The van der Waals surface area contributed by atoms with Gasteiger partial charge in [-0.15, -0.1) is 0 Å². The molecule has 0 spiro atoms. The fourth-order valence-electron chi connectivity index (χ4n) is 4.80. The van der Waals surface area contributed by atoms with Gasteiger partial charge in [0, 0.05) is 0 Å². The first kappa shape index (κ1) is 24.5. The Morgan fingerprint density at radius 2 is 0.971 bits per heavy atom. The lowest BCUT2D eigenvalue weighted by Gasteiger charge is -2.12. The van der Waals surface area contributed by atoms with Crippen molar-refractivity contribution in [2.24, 2.45) is 21.8 Å². The molecular weight excluding hydrogens is 420 g/mol. The molecule has 0 saturated heterocycles. The van der Waals surface area contributed by atoms with Gasteiger partial charge in [-0.1, -0.05) is 76.2 Å². The minimum atomic E-state index is 0.0239. The molecule has 2 aliphatic heterocycles. The molecule has 2 heterocycles. The lowest BCUT2D eigenvalue weighted by molar-refractivity contribution is 0.256. The Bertz CT molecular complexity index is 922. The maximum absolute atomic E-state index is 6.04. The summed E-state index contributed by atoms with van der Waals surface area (Å²) in [5, 5.41) is 0. The number of rotatable bonds is 9. The second kappa shape index (κ2) is 10.8. The van der Waals surface area contributed by atoms with Crippen molar-refractivity contribution in [3.05, 3.63) is 70.8 Å². The highest BCUT2D eigenvalue weighted by atomic mass is 16.5. The third-order valence-corrected chi connectivity index (χ3v) is 6.82. The van der Waals surface area contributed by atoms with Gasteiger partial charge < -0.3 is 9.47 Å². The van der Waals surface area contributed by atoms with Crippen LogP contribution in [0.3, 0.4) is 0 Å². The molecule has 0 bridgehead atoms. The van der Waals surface area contributed by atoms with Crippen LogP contribution >= 0.6 is 0 Å². The van der Waals surface area contributed by atoms with Crippen molar-refractivity contribution in [1.29, 1.82) is 0 Å². The van der Waals surface area contributed by atoms with E-state index in [0.717, 1.165) is 24.6 Å². The van der Waals surface area contributed by atoms with Gasteiger partial charge in [-0.25, -0.2) is 9.98 Å². The first-order valence-electron chi connectivity index (χ1n) is 12.9. The summed E-state index contributed by atoms with van der Waals surface area (Å²) in [6, 6.07) is 17.8. The third-order valence-electron chi connectivity index (χ3n) is 6.82. The van der Waals surface area contributed by atoms with Crippen LogP contribution in [0.1, 0.15) is 75.6 Å². The van der Waals surface area contributed by atoms with Crippen LogP contribution in [0, 0.1) is 11.8 Å². The van der Waals surface area contributed by atoms with Gasteiger partial charge in [0.05, 0.1) is 11.8 Å². The Balaban J connectivity index is 1.38.